The first-order valence-electron chi connectivity index (χ1n) is 12.9. The summed E-state index contributed by atoms with van der Waals surface area (Å²) in [5.74, 6) is -3.99. The lowest BCUT2D eigenvalue weighted by atomic mass is 9.84. The number of nitrogens with zero attached hydrogens (tertiary/aromatic N) is 3. The van der Waals surface area contributed by atoms with Gasteiger partial charge >= 0.3 is 6.09 Å². The number of nitrogens with one attached hydrogen (secondary N) is 1. The number of halogens is 3. The van der Waals surface area contributed by atoms with Crippen LogP contribution in [0.3, 0.4) is 0 Å². The number of carbonyl (C=O) groups excluding carboxylic acids is 1. The molecule has 0 unspecified atom stereocenters. The molecule has 2 aromatic carbocycles. The molecule has 8 nitrogen and oxygen atoms in total. The third kappa shape index (κ3) is 6.68. The number of rotatable bonds is 8. The predicted molar refractivity (Wildman–Crippen MR) is 152 cm³/mol. The molecule has 13 heteroatoms. The predicted octanol–water partition coefficient (Wildman–Crippen LogP) is 6.45. The van der Waals surface area contributed by atoms with Crippen LogP contribution in [0.25, 0.3) is 0 Å². The molecule has 4 rings (SSSR count). The van der Waals surface area contributed by atoms with Crippen LogP contribution >= 0.6 is 11.3 Å². The first kappa shape index (κ1) is 30.8. The lowest BCUT2D eigenvalue weighted by Crippen LogP contribution is -2.52. The van der Waals surface area contributed by atoms with E-state index in [0.717, 1.165) is 30.5 Å². The molecule has 41 heavy (non-hydrogen) atoms. The molecule has 1 aliphatic rings. The summed E-state index contributed by atoms with van der Waals surface area (Å²) in [6, 6.07) is 5.79. The summed E-state index contributed by atoms with van der Waals surface area (Å²) in [7, 11) is -5.00. The highest BCUT2D eigenvalue weighted by Crippen LogP contribution is 2.34. The third-order valence-electron chi connectivity index (χ3n) is 6.40. The van der Waals surface area contributed by atoms with E-state index < -0.39 is 44.1 Å². The van der Waals surface area contributed by atoms with Gasteiger partial charge in [-0.3, -0.25) is 4.90 Å². The first-order valence-corrected chi connectivity index (χ1v) is 15.3. The molecule has 0 saturated carbocycles. The maximum atomic E-state index is 15.5. The standard InChI is InChI=1S/C28H33F3N4O4S2/c1-17-10-21(32-11-19-18(8-7-9-20(19)29)12-34-14-28(5,6)15-34)23(30)24(31)25(17)41(37,38)35(22-13-40-16-33-22)26(36)39-27(2,3)4/h7-10,13,16,32H,11-12,14-15H2,1-6H3. The number of aromatic nitrogens is 1. The van der Waals surface area contributed by atoms with Crippen molar-refractivity contribution in [1.29, 1.82) is 0 Å². The maximum Gasteiger partial charge on any atom is 0.430 e. The molecule has 0 spiro atoms. The first-order chi connectivity index (χ1) is 19.0. The molecular weight excluding hydrogens is 577 g/mol. The van der Waals surface area contributed by atoms with E-state index in [0.29, 0.717) is 17.7 Å². The fourth-order valence-corrected chi connectivity index (χ4v) is 6.98. The number of carbonyl (C=O) groups is 1. The molecule has 1 N–H and O–H groups in total. The zero-order valence-corrected chi connectivity index (χ0v) is 25.4. The maximum absolute atomic E-state index is 15.5. The summed E-state index contributed by atoms with van der Waals surface area (Å²) in [5.41, 5.74) is 0.878. The molecule has 1 saturated heterocycles. The van der Waals surface area contributed by atoms with Crippen molar-refractivity contribution in [2.24, 2.45) is 5.41 Å². The highest BCUT2D eigenvalue weighted by molar-refractivity contribution is 7.93. The second-order valence-corrected chi connectivity index (χ2v) is 14.3. The van der Waals surface area contributed by atoms with E-state index in [2.05, 4.69) is 29.0 Å². The summed E-state index contributed by atoms with van der Waals surface area (Å²) < 4.78 is 78.4. The molecule has 2 heterocycles. The molecule has 1 aliphatic heterocycles. The zero-order valence-electron chi connectivity index (χ0n) is 23.7. The fourth-order valence-electron chi connectivity index (χ4n) is 4.85. The van der Waals surface area contributed by atoms with Gasteiger partial charge in [0.2, 0.25) is 0 Å². The number of anilines is 2. The number of hydrogen-bond donors (Lipinski definition) is 1. The number of hydrogen-bond acceptors (Lipinski definition) is 8. The number of likely N-dealkylation sites (tertiary alicyclic amines) is 1. The van der Waals surface area contributed by atoms with Gasteiger partial charge in [0.1, 0.15) is 16.3 Å². The van der Waals surface area contributed by atoms with E-state index in [1.165, 1.54) is 44.7 Å². The quantitative estimate of drug-likeness (QED) is 0.313. The lowest BCUT2D eigenvalue weighted by Gasteiger charge is -2.46. The van der Waals surface area contributed by atoms with Crippen LogP contribution in [0, 0.1) is 29.8 Å². The minimum Gasteiger partial charge on any atom is -0.443 e. The van der Waals surface area contributed by atoms with Crippen LogP contribution < -0.4 is 9.62 Å². The molecule has 222 valence electrons. The topological polar surface area (TPSA) is 91.8 Å². The second-order valence-electron chi connectivity index (χ2n) is 11.8. The Morgan fingerprint density at radius 1 is 1.20 bits per heavy atom. The Balaban J connectivity index is 1.64. The largest absolute Gasteiger partial charge is 0.443 e. The Hall–Kier alpha value is -3.16. The minimum absolute atomic E-state index is 0.163. The van der Waals surface area contributed by atoms with Crippen LogP contribution in [0.1, 0.15) is 51.3 Å². The van der Waals surface area contributed by atoms with Gasteiger partial charge in [0.25, 0.3) is 10.0 Å². The van der Waals surface area contributed by atoms with Gasteiger partial charge in [0.05, 0.1) is 11.2 Å². The highest BCUT2D eigenvalue weighted by Gasteiger charge is 2.40. The summed E-state index contributed by atoms with van der Waals surface area (Å²) in [6.07, 6.45) is -1.32. The van der Waals surface area contributed by atoms with Gasteiger partial charge in [0, 0.05) is 37.1 Å². The van der Waals surface area contributed by atoms with E-state index in [9.17, 15) is 17.6 Å². The summed E-state index contributed by atoms with van der Waals surface area (Å²) in [4.78, 5) is 17.9. The van der Waals surface area contributed by atoms with E-state index in [1.54, 1.807) is 12.1 Å². The molecule has 0 bridgehead atoms. The van der Waals surface area contributed by atoms with Crippen LogP contribution in [-0.2, 0) is 27.8 Å². The Morgan fingerprint density at radius 3 is 2.46 bits per heavy atom. The Kier molecular flexibility index (Phi) is 8.45. The fraction of sp³-hybridized carbons (Fsp3) is 0.429. The van der Waals surface area contributed by atoms with Crippen LogP contribution in [-0.4, -0.2) is 43.1 Å². The highest BCUT2D eigenvalue weighted by atomic mass is 32.2. The van der Waals surface area contributed by atoms with Gasteiger partial charge < -0.3 is 10.1 Å². The Labute approximate surface area is 242 Å². The van der Waals surface area contributed by atoms with Crippen molar-refractivity contribution in [3.05, 3.63) is 69.3 Å². The van der Waals surface area contributed by atoms with E-state index in [4.69, 9.17) is 4.74 Å². The number of aryl methyl sites for hydroxylation is 1. The monoisotopic (exact) mass is 610 g/mol. The third-order valence-corrected chi connectivity index (χ3v) is 8.81. The molecule has 0 radical (unpaired) electrons. The van der Waals surface area contributed by atoms with Crippen molar-refractivity contribution in [3.63, 3.8) is 0 Å². The van der Waals surface area contributed by atoms with Gasteiger partial charge in [-0.05, 0) is 56.4 Å². The van der Waals surface area contributed by atoms with Gasteiger partial charge in [-0.15, -0.1) is 15.6 Å². The second kappa shape index (κ2) is 11.3. The Morgan fingerprint density at radius 2 is 1.88 bits per heavy atom. The zero-order chi connectivity index (χ0) is 30.3. The molecule has 1 amide bonds. The number of amides is 1. The SMILES string of the molecule is Cc1cc(NCc2c(F)cccc2CN2CC(C)(C)C2)c(F)c(F)c1S(=O)(=O)N(C(=O)OC(C)(C)C)c1cscn1. The average molecular weight is 611 g/mol. The molecule has 3 aromatic rings. The number of ether oxygens (including phenoxy) is 1. The van der Waals surface area contributed by atoms with E-state index in [-0.39, 0.29) is 33.3 Å². The van der Waals surface area contributed by atoms with Gasteiger partial charge in [0.15, 0.2) is 17.5 Å². The van der Waals surface area contributed by atoms with Crippen LogP contribution in [0.5, 0.6) is 0 Å². The summed E-state index contributed by atoms with van der Waals surface area (Å²) >= 11 is 1.01. The minimum atomic E-state index is -5.00. The smallest absolute Gasteiger partial charge is 0.430 e. The lowest BCUT2D eigenvalue weighted by molar-refractivity contribution is 0.0240. The summed E-state index contributed by atoms with van der Waals surface area (Å²) in [5, 5.41) is 3.99. The average Bonchev–Trinajstić information content (AvgIpc) is 3.33. The van der Waals surface area contributed by atoms with Crippen molar-refractivity contribution in [2.45, 2.75) is 65.1 Å². The van der Waals surface area contributed by atoms with E-state index >= 15 is 8.78 Å². The van der Waals surface area contributed by atoms with Crippen molar-refractivity contribution >= 4 is 39.0 Å². The number of benzene rings is 2. The van der Waals surface area contributed by atoms with Crippen LogP contribution in [0.4, 0.5) is 29.5 Å². The van der Waals surface area contributed by atoms with Gasteiger partial charge in [-0.2, -0.15) is 0 Å². The van der Waals surface area contributed by atoms with Crippen molar-refractivity contribution in [1.82, 2.24) is 9.88 Å². The molecule has 1 fully saturated rings. The van der Waals surface area contributed by atoms with Crippen molar-refractivity contribution in [2.75, 3.05) is 22.7 Å². The number of thiazole rings is 1. The van der Waals surface area contributed by atoms with Gasteiger partial charge in [-0.25, -0.2) is 31.4 Å². The van der Waals surface area contributed by atoms with Crippen molar-refractivity contribution < 1.29 is 31.1 Å². The molecule has 0 aliphatic carbocycles. The molecule has 1 aromatic heterocycles. The van der Waals surface area contributed by atoms with Gasteiger partial charge in [-0.1, -0.05) is 26.0 Å². The normalized spacial score (nSPS) is 15.3. The van der Waals surface area contributed by atoms with Crippen molar-refractivity contribution in [3.8, 4) is 0 Å². The Bertz CT molecular complexity index is 1550. The van der Waals surface area contributed by atoms with Crippen LogP contribution in [0.15, 0.2) is 40.1 Å². The molecule has 0 atom stereocenters. The van der Waals surface area contributed by atoms with Crippen LogP contribution in [0.2, 0.25) is 0 Å². The van der Waals surface area contributed by atoms with E-state index in [1.807, 2.05) is 0 Å². The summed E-state index contributed by atoms with van der Waals surface area (Å²) in [6.45, 7) is 12.2. The molecular formula is C28H33F3N4O4S2. The number of sulfonamides is 1.